The van der Waals surface area contributed by atoms with E-state index < -0.39 is 6.10 Å². The van der Waals surface area contributed by atoms with Crippen LogP contribution in [0, 0.1) is 6.92 Å². The second-order valence-electron chi connectivity index (χ2n) is 5.61. The van der Waals surface area contributed by atoms with Crippen molar-refractivity contribution in [1.82, 2.24) is 0 Å². The Morgan fingerprint density at radius 3 is 2.37 bits per heavy atom. The lowest BCUT2D eigenvalue weighted by atomic mass is 10.0. The van der Waals surface area contributed by atoms with E-state index in [9.17, 15) is 5.11 Å². The van der Waals surface area contributed by atoms with Crippen molar-refractivity contribution in [3.8, 4) is 0 Å². The van der Waals surface area contributed by atoms with Gasteiger partial charge >= 0.3 is 0 Å². The Balaban J connectivity index is 1.83. The van der Waals surface area contributed by atoms with Gasteiger partial charge in [0.15, 0.2) is 0 Å². The van der Waals surface area contributed by atoms with Gasteiger partial charge < -0.3 is 14.6 Å². The summed E-state index contributed by atoms with van der Waals surface area (Å²) < 4.78 is 11.5. The average Bonchev–Trinajstić information content (AvgIpc) is 2.36. The van der Waals surface area contributed by atoms with Crippen LogP contribution in [0.2, 0.25) is 0 Å². The second-order valence-corrected chi connectivity index (χ2v) is 5.61. The van der Waals surface area contributed by atoms with Crippen LogP contribution in [0.1, 0.15) is 43.9 Å². The molecular formula is C16H24O3. The molecule has 3 heteroatoms. The van der Waals surface area contributed by atoms with Crippen molar-refractivity contribution in [3.63, 3.8) is 0 Å². The zero-order valence-electron chi connectivity index (χ0n) is 12.0. The molecule has 19 heavy (non-hydrogen) atoms. The average molecular weight is 264 g/mol. The summed E-state index contributed by atoms with van der Waals surface area (Å²) in [5, 5.41) is 10.1. The van der Waals surface area contributed by atoms with Crippen molar-refractivity contribution in [2.75, 3.05) is 6.61 Å². The van der Waals surface area contributed by atoms with Crippen LogP contribution >= 0.6 is 0 Å². The van der Waals surface area contributed by atoms with Gasteiger partial charge in [0.05, 0.1) is 24.9 Å². The minimum atomic E-state index is -0.547. The molecule has 1 heterocycles. The molecule has 0 aliphatic carbocycles. The summed E-state index contributed by atoms with van der Waals surface area (Å²) in [6.45, 7) is 6.54. The molecule has 1 aromatic rings. The molecule has 2 rings (SSSR count). The molecule has 1 aliphatic heterocycles. The van der Waals surface area contributed by atoms with Crippen molar-refractivity contribution in [1.29, 1.82) is 0 Å². The van der Waals surface area contributed by atoms with E-state index in [1.807, 2.05) is 31.2 Å². The second kappa shape index (κ2) is 6.51. The highest BCUT2D eigenvalue weighted by atomic mass is 16.5. The Morgan fingerprint density at radius 2 is 1.79 bits per heavy atom. The molecule has 3 nitrogen and oxygen atoms in total. The maximum atomic E-state index is 10.1. The molecular weight excluding hydrogens is 240 g/mol. The van der Waals surface area contributed by atoms with E-state index >= 15 is 0 Å². The lowest BCUT2D eigenvalue weighted by Gasteiger charge is -2.32. The Hall–Kier alpha value is -0.900. The molecule has 0 amide bonds. The Kier molecular flexibility index (Phi) is 4.97. The first-order valence-electron chi connectivity index (χ1n) is 7.06. The van der Waals surface area contributed by atoms with Crippen molar-refractivity contribution >= 4 is 0 Å². The van der Waals surface area contributed by atoms with Gasteiger partial charge in [-0.3, -0.25) is 0 Å². The zero-order chi connectivity index (χ0) is 13.8. The summed E-state index contributed by atoms with van der Waals surface area (Å²) in [5.41, 5.74) is 2.11. The van der Waals surface area contributed by atoms with E-state index in [4.69, 9.17) is 9.47 Å². The van der Waals surface area contributed by atoms with Gasteiger partial charge in [-0.25, -0.2) is 0 Å². The fourth-order valence-electron chi connectivity index (χ4n) is 2.59. The molecule has 1 aliphatic rings. The molecule has 0 bridgehead atoms. The van der Waals surface area contributed by atoms with E-state index in [1.165, 1.54) is 5.56 Å². The van der Waals surface area contributed by atoms with Crippen LogP contribution in [0.25, 0.3) is 0 Å². The number of benzene rings is 1. The Morgan fingerprint density at radius 1 is 1.21 bits per heavy atom. The molecule has 3 unspecified atom stereocenters. The van der Waals surface area contributed by atoms with Crippen LogP contribution in [0.15, 0.2) is 24.3 Å². The van der Waals surface area contributed by atoms with Gasteiger partial charge in [-0.2, -0.15) is 0 Å². The van der Waals surface area contributed by atoms with Crippen molar-refractivity contribution in [2.45, 2.75) is 58.0 Å². The number of aryl methyl sites for hydroxylation is 1. The van der Waals surface area contributed by atoms with E-state index in [2.05, 4.69) is 13.8 Å². The van der Waals surface area contributed by atoms with Gasteiger partial charge in [-0.15, -0.1) is 0 Å². The minimum Gasteiger partial charge on any atom is -0.386 e. The molecule has 0 saturated carbocycles. The van der Waals surface area contributed by atoms with Crippen LogP contribution in [-0.2, 0) is 9.47 Å². The highest BCUT2D eigenvalue weighted by Gasteiger charge is 2.25. The zero-order valence-corrected chi connectivity index (χ0v) is 12.0. The highest BCUT2D eigenvalue weighted by Crippen LogP contribution is 2.23. The number of ether oxygens (including phenoxy) is 2. The molecule has 3 atom stereocenters. The molecule has 1 fully saturated rings. The van der Waals surface area contributed by atoms with Crippen molar-refractivity contribution < 1.29 is 14.6 Å². The summed E-state index contributed by atoms with van der Waals surface area (Å²) in [6.07, 6.45) is 1.94. The van der Waals surface area contributed by atoms with Gasteiger partial charge in [0.25, 0.3) is 0 Å². The van der Waals surface area contributed by atoms with Crippen LogP contribution in [-0.4, -0.2) is 30.0 Å². The fraction of sp³-hybridized carbons (Fsp3) is 0.625. The van der Waals surface area contributed by atoms with Gasteiger partial charge in [0.2, 0.25) is 0 Å². The van der Waals surface area contributed by atoms with E-state index in [1.54, 1.807) is 0 Å². The number of rotatable bonds is 4. The maximum absolute atomic E-state index is 10.1. The first-order chi connectivity index (χ1) is 9.04. The molecule has 1 N–H and O–H groups in total. The largest absolute Gasteiger partial charge is 0.386 e. The van der Waals surface area contributed by atoms with Gasteiger partial charge in [0, 0.05) is 0 Å². The van der Waals surface area contributed by atoms with Gasteiger partial charge in [0.1, 0.15) is 6.10 Å². The summed E-state index contributed by atoms with van der Waals surface area (Å²) in [4.78, 5) is 0. The van der Waals surface area contributed by atoms with Crippen LogP contribution < -0.4 is 0 Å². The van der Waals surface area contributed by atoms with E-state index in [-0.39, 0.29) is 18.3 Å². The van der Waals surface area contributed by atoms with E-state index in [0.29, 0.717) is 6.61 Å². The van der Waals surface area contributed by atoms with Crippen molar-refractivity contribution in [2.24, 2.45) is 0 Å². The number of hydrogen-bond acceptors (Lipinski definition) is 3. The summed E-state index contributed by atoms with van der Waals surface area (Å²) in [6, 6.07) is 7.94. The lowest BCUT2D eigenvalue weighted by molar-refractivity contribution is -0.113. The van der Waals surface area contributed by atoms with E-state index in [0.717, 1.165) is 18.4 Å². The number of aliphatic hydroxyl groups is 1. The van der Waals surface area contributed by atoms with Crippen LogP contribution in [0.3, 0.4) is 0 Å². The molecule has 0 radical (unpaired) electrons. The third-order valence-electron chi connectivity index (χ3n) is 3.61. The molecule has 0 aromatic heterocycles. The SMILES string of the molecule is Cc1ccc(C(O)COC2CC(C)OC(C)C2)cc1. The smallest absolute Gasteiger partial charge is 0.102 e. The molecule has 0 spiro atoms. The third-order valence-corrected chi connectivity index (χ3v) is 3.61. The van der Waals surface area contributed by atoms with Gasteiger partial charge in [-0.1, -0.05) is 29.8 Å². The monoisotopic (exact) mass is 264 g/mol. The predicted octanol–water partition coefficient (Wildman–Crippen LogP) is 3.00. The predicted molar refractivity (Wildman–Crippen MR) is 75.1 cm³/mol. The quantitative estimate of drug-likeness (QED) is 0.908. The first-order valence-corrected chi connectivity index (χ1v) is 7.06. The maximum Gasteiger partial charge on any atom is 0.102 e. The van der Waals surface area contributed by atoms with Crippen LogP contribution in [0.5, 0.6) is 0 Å². The fourth-order valence-corrected chi connectivity index (χ4v) is 2.59. The molecule has 1 aromatic carbocycles. The summed E-state index contributed by atoms with van der Waals surface area (Å²) in [5.74, 6) is 0. The topological polar surface area (TPSA) is 38.7 Å². The third kappa shape index (κ3) is 4.30. The number of hydrogen-bond donors (Lipinski definition) is 1. The molecule has 106 valence electrons. The Bertz CT molecular complexity index is 377. The van der Waals surface area contributed by atoms with Crippen LogP contribution in [0.4, 0.5) is 0 Å². The van der Waals surface area contributed by atoms with Crippen molar-refractivity contribution in [3.05, 3.63) is 35.4 Å². The standard InChI is InChI=1S/C16H24O3/c1-11-4-6-14(7-5-11)16(17)10-18-15-8-12(2)19-13(3)9-15/h4-7,12-13,15-17H,8-10H2,1-3H3. The lowest BCUT2D eigenvalue weighted by Crippen LogP contribution is -2.34. The Labute approximate surface area is 115 Å². The minimum absolute atomic E-state index is 0.193. The normalized spacial score (nSPS) is 29.2. The number of aliphatic hydroxyl groups excluding tert-OH is 1. The summed E-state index contributed by atoms with van der Waals surface area (Å²) >= 11 is 0. The van der Waals surface area contributed by atoms with Gasteiger partial charge in [-0.05, 0) is 39.2 Å². The molecule has 1 saturated heterocycles. The summed E-state index contributed by atoms with van der Waals surface area (Å²) in [7, 11) is 0. The first kappa shape index (κ1) is 14.5. The highest BCUT2D eigenvalue weighted by molar-refractivity contribution is 5.23.